The molecule has 0 aromatic carbocycles. The maximum atomic E-state index is 12.2. The van der Waals surface area contributed by atoms with Gasteiger partial charge in [-0.25, -0.2) is 0 Å². The summed E-state index contributed by atoms with van der Waals surface area (Å²) in [5.41, 5.74) is 2.60. The van der Waals surface area contributed by atoms with Crippen LogP contribution in [0.25, 0.3) is 11.3 Å². The summed E-state index contributed by atoms with van der Waals surface area (Å²) in [5, 5.41) is 6.80. The van der Waals surface area contributed by atoms with Crippen molar-refractivity contribution in [3.8, 4) is 11.3 Å². The monoisotopic (exact) mass is 325 g/mol. The Labute approximate surface area is 137 Å². The minimum Gasteiger partial charge on any atom is -0.348 e. The van der Waals surface area contributed by atoms with Crippen molar-refractivity contribution in [2.75, 3.05) is 0 Å². The highest BCUT2D eigenvalue weighted by atomic mass is 32.1. The number of hydrogen-bond donors (Lipinski definition) is 1. The first-order chi connectivity index (χ1) is 11.2. The Morgan fingerprint density at radius 2 is 2.17 bits per heavy atom. The van der Waals surface area contributed by atoms with Crippen LogP contribution in [0.3, 0.4) is 0 Å². The maximum absolute atomic E-state index is 12.2. The van der Waals surface area contributed by atoms with Gasteiger partial charge in [0.05, 0.1) is 5.69 Å². The fourth-order valence-electron chi connectivity index (χ4n) is 2.28. The van der Waals surface area contributed by atoms with Crippen LogP contribution in [0.2, 0.25) is 0 Å². The highest BCUT2D eigenvalue weighted by molar-refractivity contribution is 7.08. The van der Waals surface area contributed by atoms with E-state index in [9.17, 15) is 9.59 Å². The predicted octanol–water partition coefficient (Wildman–Crippen LogP) is 2.44. The fraction of sp³-hybridized carbons (Fsp3) is 0.118. The van der Waals surface area contributed by atoms with Crippen LogP contribution < -0.4 is 10.9 Å². The Kier molecular flexibility index (Phi) is 4.34. The van der Waals surface area contributed by atoms with Gasteiger partial charge < -0.3 is 9.88 Å². The van der Waals surface area contributed by atoms with Gasteiger partial charge in [0.2, 0.25) is 0 Å². The third-order valence-electron chi connectivity index (χ3n) is 3.49. The summed E-state index contributed by atoms with van der Waals surface area (Å²) in [6.45, 7) is 0.315. The Morgan fingerprint density at radius 1 is 1.30 bits per heavy atom. The zero-order valence-electron chi connectivity index (χ0n) is 12.5. The second-order valence-corrected chi connectivity index (χ2v) is 5.82. The van der Waals surface area contributed by atoms with Crippen molar-refractivity contribution in [3.63, 3.8) is 0 Å². The topological polar surface area (TPSA) is 64.0 Å². The molecule has 116 valence electrons. The highest BCUT2D eigenvalue weighted by Gasteiger charge is 2.12. The smallest absolute Gasteiger partial charge is 0.263 e. The van der Waals surface area contributed by atoms with Crippen molar-refractivity contribution in [1.29, 1.82) is 0 Å². The van der Waals surface area contributed by atoms with Crippen molar-refractivity contribution in [3.05, 3.63) is 75.0 Å². The molecule has 5 nitrogen and oxygen atoms in total. The van der Waals surface area contributed by atoms with Gasteiger partial charge in [-0.3, -0.25) is 14.6 Å². The fourth-order valence-corrected chi connectivity index (χ4v) is 2.92. The molecule has 0 spiro atoms. The van der Waals surface area contributed by atoms with E-state index in [0.29, 0.717) is 6.54 Å². The molecule has 0 radical (unpaired) electrons. The molecule has 23 heavy (non-hydrogen) atoms. The molecule has 3 aromatic heterocycles. The molecule has 6 heteroatoms. The number of hydrogen-bond acceptors (Lipinski definition) is 4. The standard InChI is InChI=1S/C17H15N3O2S/c1-20-8-3-5-14(17(20)22)16(21)19-10-12-4-2-7-18-15(12)13-6-9-23-11-13/h2-9,11H,10H2,1H3,(H,19,21). The Bertz CT molecular complexity index is 885. The number of nitrogens with zero attached hydrogens (tertiary/aromatic N) is 2. The molecule has 0 atom stereocenters. The SMILES string of the molecule is Cn1cccc(C(=O)NCc2cccnc2-c2ccsc2)c1=O. The van der Waals surface area contributed by atoms with Crippen LogP contribution in [0.4, 0.5) is 0 Å². The van der Waals surface area contributed by atoms with E-state index in [1.54, 1.807) is 36.8 Å². The van der Waals surface area contributed by atoms with E-state index in [1.807, 2.05) is 29.0 Å². The van der Waals surface area contributed by atoms with E-state index in [0.717, 1.165) is 16.8 Å². The lowest BCUT2D eigenvalue weighted by Crippen LogP contribution is -2.31. The molecule has 3 aromatic rings. The first-order valence-electron chi connectivity index (χ1n) is 7.07. The molecule has 0 aliphatic heterocycles. The molecule has 0 saturated carbocycles. The van der Waals surface area contributed by atoms with E-state index in [2.05, 4.69) is 10.3 Å². The minimum absolute atomic E-state index is 0.135. The summed E-state index contributed by atoms with van der Waals surface area (Å²) in [6.07, 6.45) is 3.35. The second kappa shape index (κ2) is 6.58. The van der Waals surface area contributed by atoms with Gasteiger partial charge >= 0.3 is 0 Å². The minimum atomic E-state index is -0.383. The van der Waals surface area contributed by atoms with Gasteiger partial charge in [0.25, 0.3) is 11.5 Å². The summed E-state index contributed by atoms with van der Waals surface area (Å²) in [7, 11) is 1.62. The molecule has 3 rings (SSSR count). The summed E-state index contributed by atoms with van der Waals surface area (Å²) in [4.78, 5) is 28.6. The number of nitrogens with one attached hydrogen (secondary N) is 1. The molecule has 0 fully saturated rings. The Hall–Kier alpha value is -2.73. The largest absolute Gasteiger partial charge is 0.348 e. The van der Waals surface area contributed by atoms with E-state index in [1.165, 1.54) is 10.6 Å². The molecule has 3 heterocycles. The summed E-state index contributed by atoms with van der Waals surface area (Å²) < 4.78 is 1.38. The molecule has 0 bridgehead atoms. The van der Waals surface area contributed by atoms with Crippen LogP contribution in [0, 0.1) is 0 Å². The van der Waals surface area contributed by atoms with Crippen molar-refractivity contribution in [1.82, 2.24) is 14.9 Å². The van der Waals surface area contributed by atoms with E-state index >= 15 is 0 Å². The number of amides is 1. The number of rotatable bonds is 4. The van der Waals surface area contributed by atoms with Crippen molar-refractivity contribution in [2.24, 2.45) is 7.05 Å². The van der Waals surface area contributed by atoms with Gasteiger partial charge in [0, 0.05) is 36.9 Å². The van der Waals surface area contributed by atoms with Gasteiger partial charge in [-0.15, -0.1) is 0 Å². The highest BCUT2D eigenvalue weighted by Crippen LogP contribution is 2.23. The van der Waals surface area contributed by atoms with Crippen LogP contribution in [-0.2, 0) is 13.6 Å². The van der Waals surface area contributed by atoms with Gasteiger partial charge in [0.1, 0.15) is 5.56 Å². The molecular weight excluding hydrogens is 310 g/mol. The van der Waals surface area contributed by atoms with Gasteiger partial charge in [-0.05, 0) is 35.2 Å². The number of pyridine rings is 2. The summed E-state index contributed by atoms with van der Waals surface area (Å²) in [6, 6.07) is 8.95. The zero-order chi connectivity index (χ0) is 16.2. The number of carbonyl (C=O) groups excluding carboxylic acids is 1. The number of aryl methyl sites for hydroxylation is 1. The molecule has 1 amide bonds. The molecule has 0 saturated heterocycles. The first kappa shape index (κ1) is 15.2. The lowest BCUT2D eigenvalue weighted by Gasteiger charge is -2.09. The molecule has 0 aliphatic rings. The van der Waals surface area contributed by atoms with E-state index in [-0.39, 0.29) is 17.0 Å². The van der Waals surface area contributed by atoms with Crippen LogP contribution in [-0.4, -0.2) is 15.5 Å². The summed E-state index contributed by atoms with van der Waals surface area (Å²) in [5.74, 6) is -0.383. The lowest BCUT2D eigenvalue weighted by atomic mass is 10.1. The van der Waals surface area contributed by atoms with E-state index < -0.39 is 0 Å². The summed E-state index contributed by atoms with van der Waals surface area (Å²) >= 11 is 1.60. The van der Waals surface area contributed by atoms with Crippen molar-refractivity contribution >= 4 is 17.2 Å². The number of carbonyl (C=O) groups is 1. The average Bonchev–Trinajstić information content (AvgIpc) is 3.10. The quantitative estimate of drug-likeness (QED) is 0.801. The number of aromatic nitrogens is 2. The maximum Gasteiger partial charge on any atom is 0.263 e. The average molecular weight is 325 g/mol. The van der Waals surface area contributed by atoms with E-state index in [4.69, 9.17) is 0 Å². The van der Waals surface area contributed by atoms with Gasteiger partial charge in [-0.1, -0.05) is 6.07 Å². The van der Waals surface area contributed by atoms with Crippen LogP contribution in [0.15, 0.2) is 58.3 Å². The zero-order valence-corrected chi connectivity index (χ0v) is 13.3. The predicted molar refractivity (Wildman–Crippen MR) is 90.4 cm³/mol. The van der Waals surface area contributed by atoms with Crippen LogP contribution in [0.1, 0.15) is 15.9 Å². The van der Waals surface area contributed by atoms with Gasteiger partial charge in [0.15, 0.2) is 0 Å². The third-order valence-corrected chi connectivity index (χ3v) is 4.18. The van der Waals surface area contributed by atoms with Gasteiger partial charge in [-0.2, -0.15) is 11.3 Å². The lowest BCUT2D eigenvalue weighted by molar-refractivity contribution is 0.0949. The Balaban J connectivity index is 1.80. The Morgan fingerprint density at radius 3 is 2.96 bits per heavy atom. The normalized spacial score (nSPS) is 10.5. The third kappa shape index (κ3) is 3.22. The van der Waals surface area contributed by atoms with Crippen LogP contribution >= 0.6 is 11.3 Å². The molecule has 1 N–H and O–H groups in total. The molecule has 0 aliphatic carbocycles. The second-order valence-electron chi connectivity index (χ2n) is 5.04. The van der Waals surface area contributed by atoms with Crippen molar-refractivity contribution < 1.29 is 4.79 Å². The first-order valence-corrected chi connectivity index (χ1v) is 8.01. The van der Waals surface area contributed by atoms with Crippen molar-refractivity contribution in [2.45, 2.75) is 6.54 Å². The molecular formula is C17H15N3O2S. The van der Waals surface area contributed by atoms with Crippen LogP contribution in [0.5, 0.6) is 0 Å². The number of thiophene rings is 1. The molecule has 0 unspecified atom stereocenters.